The number of rotatable bonds is 8. The minimum absolute atomic E-state index is 0.0388. The fourth-order valence-electron chi connectivity index (χ4n) is 2.90. The van der Waals surface area contributed by atoms with Gasteiger partial charge in [0.25, 0.3) is 5.91 Å². The van der Waals surface area contributed by atoms with Crippen molar-refractivity contribution >= 4 is 21.7 Å². The second-order valence-electron chi connectivity index (χ2n) is 6.81. The number of Topliss-reactive ketones (excluding diaryl/α,β-unsaturated/α-hetero) is 1. The van der Waals surface area contributed by atoms with Gasteiger partial charge in [-0.3, -0.25) is 9.59 Å². The molecule has 1 saturated heterocycles. The van der Waals surface area contributed by atoms with Crippen molar-refractivity contribution in [1.82, 2.24) is 9.62 Å². The highest BCUT2D eigenvalue weighted by Gasteiger charge is 2.26. The normalized spacial score (nSPS) is 14.8. The molecule has 1 amide bonds. The summed E-state index contributed by atoms with van der Waals surface area (Å²) in [4.78, 5) is 23.5. The Kier molecular flexibility index (Phi) is 7.20. The molecule has 0 radical (unpaired) electrons. The maximum Gasteiger partial charge on any atom is 0.258 e. The van der Waals surface area contributed by atoms with Gasteiger partial charge in [-0.1, -0.05) is 12.1 Å². The van der Waals surface area contributed by atoms with Crippen molar-refractivity contribution in [2.24, 2.45) is 0 Å². The van der Waals surface area contributed by atoms with Crippen LogP contribution in [-0.2, 0) is 26.1 Å². The van der Waals surface area contributed by atoms with E-state index in [1.54, 1.807) is 48.5 Å². The molecule has 0 aliphatic carbocycles. The first-order valence-corrected chi connectivity index (χ1v) is 11.0. The molecule has 0 bridgehead atoms. The molecule has 0 atom stereocenters. The van der Waals surface area contributed by atoms with Crippen LogP contribution in [0.4, 0.5) is 0 Å². The molecule has 2 aromatic carbocycles. The van der Waals surface area contributed by atoms with Crippen LogP contribution in [0, 0.1) is 0 Å². The summed E-state index contributed by atoms with van der Waals surface area (Å²) in [6.07, 6.45) is 0. The number of ketones is 1. The number of hydrogen-bond acceptors (Lipinski definition) is 6. The Balaban J connectivity index is 1.48. The molecular weight excluding hydrogens is 408 g/mol. The molecule has 3 rings (SSSR count). The monoisotopic (exact) mass is 432 g/mol. The predicted molar refractivity (Wildman–Crippen MR) is 110 cm³/mol. The van der Waals surface area contributed by atoms with Crippen LogP contribution >= 0.6 is 0 Å². The van der Waals surface area contributed by atoms with Crippen LogP contribution < -0.4 is 10.1 Å². The SMILES string of the molecule is CC(=O)c1ccc(OCC(=O)NCc2ccc(S(=O)(=O)N3CCOCC3)cc2)cc1. The number of hydrogen-bond donors (Lipinski definition) is 1. The Labute approximate surface area is 175 Å². The number of morpholine rings is 1. The molecule has 8 nitrogen and oxygen atoms in total. The number of ether oxygens (including phenoxy) is 2. The van der Waals surface area contributed by atoms with E-state index in [9.17, 15) is 18.0 Å². The van der Waals surface area contributed by atoms with Gasteiger partial charge in [0.05, 0.1) is 18.1 Å². The minimum Gasteiger partial charge on any atom is -0.484 e. The largest absolute Gasteiger partial charge is 0.484 e. The minimum atomic E-state index is -3.53. The van der Waals surface area contributed by atoms with Gasteiger partial charge in [0.1, 0.15) is 5.75 Å². The highest BCUT2D eigenvalue weighted by molar-refractivity contribution is 7.89. The number of amides is 1. The second kappa shape index (κ2) is 9.84. The van der Waals surface area contributed by atoms with Gasteiger partial charge in [-0.25, -0.2) is 8.42 Å². The average molecular weight is 432 g/mol. The molecule has 1 aliphatic rings. The fourth-order valence-corrected chi connectivity index (χ4v) is 4.31. The molecule has 0 aromatic heterocycles. The maximum absolute atomic E-state index is 12.6. The van der Waals surface area contributed by atoms with Gasteiger partial charge in [0, 0.05) is 25.2 Å². The van der Waals surface area contributed by atoms with Crippen LogP contribution in [-0.4, -0.2) is 57.3 Å². The van der Waals surface area contributed by atoms with E-state index in [-0.39, 0.29) is 29.7 Å². The van der Waals surface area contributed by atoms with Crippen molar-refractivity contribution < 1.29 is 27.5 Å². The molecule has 1 fully saturated rings. The van der Waals surface area contributed by atoms with Crippen LogP contribution in [0.5, 0.6) is 5.75 Å². The summed E-state index contributed by atoms with van der Waals surface area (Å²) in [6, 6.07) is 13.0. The van der Waals surface area contributed by atoms with Crippen molar-refractivity contribution in [3.05, 3.63) is 59.7 Å². The first-order chi connectivity index (χ1) is 14.4. The third-order valence-electron chi connectivity index (χ3n) is 4.65. The van der Waals surface area contributed by atoms with E-state index in [1.807, 2.05) is 0 Å². The van der Waals surface area contributed by atoms with E-state index >= 15 is 0 Å². The van der Waals surface area contributed by atoms with Crippen LogP contribution in [0.15, 0.2) is 53.4 Å². The zero-order valence-corrected chi connectivity index (χ0v) is 17.5. The van der Waals surface area contributed by atoms with Crippen LogP contribution in [0.3, 0.4) is 0 Å². The van der Waals surface area contributed by atoms with E-state index in [0.29, 0.717) is 37.6 Å². The number of sulfonamides is 1. The Morgan fingerprint density at radius 3 is 2.27 bits per heavy atom. The van der Waals surface area contributed by atoms with Crippen molar-refractivity contribution in [1.29, 1.82) is 0 Å². The number of nitrogens with zero attached hydrogens (tertiary/aromatic N) is 1. The van der Waals surface area contributed by atoms with E-state index in [2.05, 4.69) is 5.32 Å². The first-order valence-electron chi connectivity index (χ1n) is 9.53. The molecule has 0 unspecified atom stereocenters. The lowest BCUT2D eigenvalue weighted by molar-refractivity contribution is -0.123. The number of nitrogens with one attached hydrogen (secondary N) is 1. The summed E-state index contributed by atoms with van der Waals surface area (Å²) < 4.78 is 37.2. The molecule has 1 aliphatic heterocycles. The van der Waals surface area contributed by atoms with Gasteiger partial charge in [0.15, 0.2) is 12.4 Å². The van der Waals surface area contributed by atoms with Crippen molar-refractivity contribution in [3.8, 4) is 5.75 Å². The lowest BCUT2D eigenvalue weighted by Crippen LogP contribution is -2.40. The summed E-state index contributed by atoms with van der Waals surface area (Å²) in [5.74, 6) is 0.145. The van der Waals surface area contributed by atoms with Crippen molar-refractivity contribution in [3.63, 3.8) is 0 Å². The number of benzene rings is 2. The Hall–Kier alpha value is -2.75. The second-order valence-corrected chi connectivity index (χ2v) is 8.74. The molecule has 0 saturated carbocycles. The van der Waals surface area contributed by atoms with Crippen molar-refractivity contribution in [2.45, 2.75) is 18.4 Å². The van der Waals surface area contributed by atoms with Crippen molar-refractivity contribution in [2.75, 3.05) is 32.9 Å². The summed E-state index contributed by atoms with van der Waals surface area (Å²) in [5.41, 5.74) is 1.35. The molecule has 160 valence electrons. The number of carbonyl (C=O) groups is 2. The van der Waals surface area contributed by atoms with Gasteiger partial charge in [-0.05, 0) is 48.9 Å². The smallest absolute Gasteiger partial charge is 0.258 e. The van der Waals surface area contributed by atoms with Crippen LogP contribution in [0.2, 0.25) is 0 Å². The van der Waals surface area contributed by atoms with Crippen LogP contribution in [0.25, 0.3) is 0 Å². The van der Waals surface area contributed by atoms with Gasteiger partial charge in [-0.15, -0.1) is 0 Å². The quantitative estimate of drug-likeness (QED) is 0.636. The molecule has 30 heavy (non-hydrogen) atoms. The van der Waals surface area contributed by atoms with E-state index in [4.69, 9.17) is 9.47 Å². The van der Waals surface area contributed by atoms with Gasteiger partial charge >= 0.3 is 0 Å². The van der Waals surface area contributed by atoms with E-state index < -0.39 is 10.0 Å². The zero-order valence-electron chi connectivity index (χ0n) is 16.7. The van der Waals surface area contributed by atoms with E-state index in [0.717, 1.165) is 5.56 Å². The molecule has 1 N–H and O–H groups in total. The highest BCUT2D eigenvalue weighted by atomic mass is 32.2. The molecule has 1 heterocycles. The van der Waals surface area contributed by atoms with Gasteiger partial charge in [-0.2, -0.15) is 4.31 Å². The predicted octanol–water partition coefficient (Wildman–Crippen LogP) is 1.61. The average Bonchev–Trinajstić information content (AvgIpc) is 2.77. The third-order valence-corrected chi connectivity index (χ3v) is 6.56. The van der Waals surface area contributed by atoms with Gasteiger partial charge < -0.3 is 14.8 Å². The first kappa shape index (κ1) is 21.9. The Bertz CT molecular complexity index is 981. The summed E-state index contributed by atoms with van der Waals surface area (Å²) in [7, 11) is -3.53. The standard InChI is InChI=1S/C21H24N2O6S/c1-16(24)18-4-6-19(7-5-18)29-15-21(25)22-14-17-2-8-20(9-3-17)30(26,27)23-10-12-28-13-11-23/h2-9H,10-15H2,1H3,(H,22,25). The number of carbonyl (C=O) groups excluding carboxylic acids is 2. The summed E-state index contributed by atoms with van der Waals surface area (Å²) in [6.45, 7) is 3.05. The third kappa shape index (κ3) is 5.65. The lowest BCUT2D eigenvalue weighted by atomic mass is 10.1. The summed E-state index contributed by atoms with van der Waals surface area (Å²) in [5, 5.41) is 2.73. The Morgan fingerprint density at radius 2 is 1.67 bits per heavy atom. The van der Waals surface area contributed by atoms with Gasteiger partial charge in [0.2, 0.25) is 10.0 Å². The van der Waals surface area contributed by atoms with Crippen LogP contribution in [0.1, 0.15) is 22.8 Å². The highest BCUT2D eigenvalue weighted by Crippen LogP contribution is 2.18. The Morgan fingerprint density at radius 1 is 1.03 bits per heavy atom. The summed E-state index contributed by atoms with van der Waals surface area (Å²) >= 11 is 0. The molecular formula is C21H24N2O6S. The lowest BCUT2D eigenvalue weighted by Gasteiger charge is -2.26. The molecule has 2 aromatic rings. The fraction of sp³-hybridized carbons (Fsp3) is 0.333. The topological polar surface area (TPSA) is 102 Å². The zero-order chi connectivity index (χ0) is 21.6. The van der Waals surface area contributed by atoms with E-state index in [1.165, 1.54) is 11.2 Å². The maximum atomic E-state index is 12.6. The molecule has 9 heteroatoms. The molecule has 0 spiro atoms.